The Labute approximate surface area is 147 Å². The number of sulfone groups is 1. The minimum Gasteiger partial charge on any atom is -0.366 e. The van der Waals surface area contributed by atoms with E-state index in [1.54, 1.807) is 20.0 Å². The van der Waals surface area contributed by atoms with E-state index < -0.39 is 9.84 Å². The number of aryl methyl sites for hydroxylation is 1. The lowest BCUT2D eigenvalue weighted by Gasteiger charge is -2.18. The normalized spacial score (nSPS) is 18.7. The highest BCUT2D eigenvalue weighted by Gasteiger charge is 2.28. The van der Waals surface area contributed by atoms with Crippen LogP contribution in [-0.2, 0) is 9.84 Å². The number of hydrogen-bond acceptors (Lipinski definition) is 6. The number of nitrogens with one attached hydrogen (secondary N) is 1. The van der Waals surface area contributed by atoms with Gasteiger partial charge in [0.25, 0.3) is 5.91 Å². The van der Waals surface area contributed by atoms with Crippen LogP contribution < -0.4 is 10.2 Å². The predicted molar refractivity (Wildman–Crippen MR) is 96.6 cm³/mol. The molecule has 2 aromatic rings. The van der Waals surface area contributed by atoms with Crippen molar-refractivity contribution < 1.29 is 13.2 Å². The number of carbonyl (C=O) groups excluding carboxylic acids is 1. The number of hydrogen-bond donors (Lipinski definition) is 1. The Bertz CT molecular complexity index is 884. The number of aromatic nitrogens is 2. The molecule has 1 atom stereocenters. The topological polar surface area (TPSA) is 92.3 Å². The summed E-state index contributed by atoms with van der Waals surface area (Å²) < 4.78 is 23.2. The van der Waals surface area contributed by atoms with Gasteiger partial charge >= 0.3 is 0 Å². The lowest BCUT2D eigenvalue weighted by molar-refractivity contribution is 0.0988. The zero-order valence-electron chi connectivity index (χ0n) is 14.1. The molecule has 1 aromatic heterocycles. The summed E-state index contributed by atoms with van der Waals surface area (Å²) in [5.74, 6) is 0.939. The maximum atomic E-state index is 12.7. The fraction of sp³-hybridized carbons (Fsp3) is 0.353. The fourth-order valence-electron chi connectivity index (χ4n) is 2.81. The molecule has 0 spiro atoms. The summed E-state index contributed by atoms with van der Waals surface area (Å²) >= 11 is 0. The summed E-state index contributed by atoms with van der Waals surface area (Å²) in [6, 6.07) is 10.7. The molecule has 0 saturated carbocycles. The molecule has 1 aliphatic rings. The second-order valence-electron chi connectivity index (χ2n) is 6.13. The first kappa shape index (κ1) is 17.3. The molecule has 1 amide bonds. The molecule has 0 radical (unpaired) electrons. The van der Waals surface area contributed by atoms with Gasteiger partial charge in [-0.25, -0.2) is 18.4 Å². The molecule has 1 N–H and O–H groups in total. The summed E-state index contributed by atoms with van der Waals surface area (Å²) in [4.78, 5) is 22.7. The van der Waals surface area contributed by atoms with Crippen LogP contribution >= 0.6 is 0 Å². The predicted octanol–water partition coefficient (Wildman–Crippen LogP) is 1.66. The molecule has 2 heterocycles. The van der Waals surface area contributed by atoms with E-state index in [0.29, 0.717) is 18.1 Å². The molecular weight excluding hydrogens is 340 g/mol. The number of anilines is 2. The number of rotatable bonds is 4. The van der Waals surface area contributed by atoms with Gasteiger partial charge in [0, 0.05) is 24.8 Å². The Kier molecular flexibility index (Phi) is 4.71. The van der Waals surface area contributed by atoms with E-state index in [1.807, 2.05) is 30.3 Å². The van der Waals surface area contributed by atoms with Crippen molar-refractivity contribution in [2.24, 2.45) is 0 Å². The highest BCUT2D eigenvalue weighted by molar-refractivity contribution is 7.91. The van der Waals surface area contributed by atoms with Crippen LogP contribution in [0.25, 0.3) is 0 Å². The summed E-state index contributed by atoms with van der Waals surface area (Å²) in [6.07, 6.45) is 0.540. The van der Waals surface area contributed by atoms with Gasteiger partial charge in [-0.05, 0) is 25.5 Å². The standard InChI is InChI=1S/C17H20N4O3S/c1-12-18-15(17(22)21(2)14-6-4-3-5-7-14)10-16(19-12)20-13-8-9-25(23,24)11-13/h3-7,10,13H,8-9,11H2,1-2H3,(H,18,19,20). The molecule has 0 bridgehead atoms. The van der Waals surface area contributed by atoms with E-state index in [-0.39, 0.29) is 29.1 Å². The third kappa shape index (κ3) is 4.14. The Morgan fingerprint density at radius 3 is 2.60 bits per heavy atom. The van der Waals surface area contributed by atoms with Crippen LogP contribution in [0, 0.1) is 6.92 Å². The minimum absolute atomic E-state index is 0.0866. The summed E-state index contributed by atoms with van der Waals surface area (Å²) in [6.45, 7) is 1.70. The lowest BCUT2D eigenvalue weighted by Crippen LogP contribution is -2.28. The quantitative estimate of drug-likeness (QED) is 0.891. The first-order valence-corrected chi connectivity index (χ1v) is 9.82. The highest BCUT2D eigenvalue weighted by atomic mass is 32.2. The van der Waals surface area contributed by atoms with E-state index in [4.69, 9.17) is 0 Å². The molecule has 1 unspecified atom stereocenters. The van der Waals surface area contributed by atoms with Crippen molar-refractivity contribution in [1.29, 1.82) is 0 Å². The molecule has 1 fully saturated rings. The highest BCUT2D eigenvalue weighted by Crippen LogP contribution is 2.19. The largest absolute Gasteiger partial charge is 0.366 e. The van der Waals surface area contributed by atoms with Gasteiger partial charge in [0.15, 0.2) is 9.84 Å². The van der Waals surface area contributed by atoms with E-state index in [0.717, 1.165) is 5.69 Å². The average Bonchev–Trinajstić information content (AvgIpc) is 2.92. The maximum Gasteiger partial charge on any atom is 0.276 e. The van der Waals surface area contributed by atoms with Crippen LogP contribution in [0.2, 0.25) is 0 Å². The van der Waals surface area contributed by atoms with Crippen molar-refractivity contribution in [1.82, 2.24) is 9.97 Å². The van der Waals surface area contributed by atoms with Crippen molar-refractivity contribution in [3.8, 4) is 0 Å². The fourth-order valence-corrected chi connectivity index (χ4v) is 4.48. The third-order valence-corrected chi connectivity index (χ3v) is 5.86. The molecule has 0 aliphatic carbocycles. The van der Waals surface area contributed by atoms with E-state index in [9.17, 15) is 13.2 Å². The molecule has 1 aliphatic heterocycles. The van der Waals surface area contributed by atoms with Gasteiger partial charge in [0.1, 0.15) is 17.3 Å². The average molecular weight is 360 g/mol. The van der Waals surface area contributed by atoms with Crippen LogP contribution in [0.15, 0.2) is 36.4 Å². The minimum atomic E-state index is -2.98. The van der Waals surface area contributed by atoms with Crippen molar-refractivity contribution in [2.75, 3.05) is 28.8 Å². The molecule has 8 heteroatoms. The Balaban J connectivity index is 1.80. The molecular formula is C17H20N4O3S. The Morgan fingerprint density at radius 2 is 1.96 bits per heavy atom. The van der Waals surface area contributed by atoms with Crippen LogP contribution in [0.1, 0.15) is 22.7 Å². The second kappa shape index (κ2) is 6.79. The Morgan fingerprint density at radius 1 is 1.24 bits per heavy atom. The molecule has 132 valence electrons. The monoisotopic (exact) mass is 360 g/mol. The van der Waals surface area contributed by atoms with Crippen LogP contribution in [-0.4, -0.2) is 48.9 Å². The number of benzene rings is 1. The molecule has 25 heavy (non-hydrogen) atoms. The van der Waals surface area contributed by atoms with Gasteiger partial charge in [-0.2, -0.15) is 0 Å². The Hall–Kier alpha value is -2.48. The molecule has 3 rings (SSSR count). The molecule has 7 nitrogen and oxygen atoms in total. The van der Waals surface area contributed by atoms with Gasteiger partial charge < -0.3 is 10.2 Å². The van der Waals surface area contributed by atoms with Crippen molar-refractivity contribution in [2.45, 2.75) is 19.4 Å². The van der Waals surface area contributed by atoms with E-state index >= 15 is 0 Å². The molecule has 1 saturated heterocycles. The van der Waals surface area contributed by atoms with Crippen molar-refractivity contribution >= 4 is 27.2 Å². The smallest absolute Gasteiger partial charge is 0.276 e. The number of carbonyl (C=O) groups is 1. The number of nitrogens with zero attached hydrogens (tertiary/aromatic N) is 3. The van der Waals surface area contributed by atoms with Crippen molar-refractivity contribution in [3.63, 3.8) is 0 Å². The maximum absolute atomic E-state index is 12.7. The summed E-state index contributed by atoms with van der Waals surface area (Å²) in [5.41, 5.74) is 1.03. The first-order valence-electron chi connectivity index (χ1n) is 8.00. The van der Waals surface area contributed by atoms with Gasteiger partial charge in [0.05, 0.1) is 11.5 Å². The summed E-state index contributed by atoms with van der Waals surface area (Å²) in [7, 11) is -1.30. The first-order chi connectivity index (χ1) is 11.8. The van der Waals surface area contributed by atoms with Crippen LogP contribution in [0.3, 0.4) is 0 Å². The zero-order chi connectivity index (χ0) is 18.0. The SMILES string of the molecule is Cc1nc(NC2CCS(=O)(=O)C2)cc(C(=O)N(C)c2ccccc2)n1. The van der Waals surface area contributed by atoms with E-state index in [2.05, 4.69) is 15.3 Å². The van der Waals surface area contributed by atoms with Crippen LogP contribution in [0.4, 0.5) is 11.5 Å². The van der Waals surface area contributed by atoms with Crippen LogP contribution in [0.5, 0.6) is 0 Å². The lowest BCUT2D eigenvalue weighted by atomic mass is 10.2. The number of para-hydroxylation sites is 1. The summed E-state index contributed by atoms with van der Waals surface area (Å²) in [5, 5.41) is 3.11. The van der Waals surface area contributed by atoms with Gasteiger partial charge in [-0.15, -0.1) is 0 Å². The third-order valence-electron chi connectivity index (χ3n) is 4.09. The zero-order valence-corrected chi connectivity index (χ0v) is 15.0. The van der Waals surface area contributed by atoms with Gasteiger partial charge in [-0.1, -0.05) is 18.2 Å². The van der Waals surface area contributed by atoms with E-state index in [1.165, 1.54) is 4.90 Å². The molecule has 1 aromatic carbocycles. The second-order valence-corrected chi connectivity index (χ2v) is 8.36. The van der Waals surface area contributed by atoms with Gasteiger partial charge in [0.2, 0.25) is 0 Å². The van der Waals surface area contributed by atoms with Gasteiger partial charge in [-0.3, -0.25) is 4.79 Å². The van der Waals surface area contributed by atoms with Crippen molar-refractivity contribution in [3.05, 3.63) is 47.9 Å². The number of amides is 1.